The average molecular weight is 484 g/mol. The molecule has 4 aromatic heterocycles. The molecule has 0 spiro atoms. The second-order valence-corrected chi connectivity index (χ2v) is 7.99. The molecule has 1 aliphatic rings. The van der Waals surface area contributed by atoms with Crippen LogP contribution in [0.15, 0.2) is 42.9 Å². The third kappa shape index (κ3) is 4.20. The van der Waals surface area contributed by atoms with Gasteiger partial charge in [0.05, 0.1) is 24.6 Å². The minimum Gasteiger partial charge on any atom is -0.479 e. The highest BCUT2D eigenvalue weighted by Gasteiger charge is 2.31. The summed E-state index contributed by atoms with van der Waals surface area (Å²) in [6, 6.07) is 6.24. The van der Waals surface area contributed by atoms with Crippen LogP contribution in [0.4, 0.5) is 19.0 Å². The van der Waals surface area contributed by atoms with E-state index in [0.717, 1.165) is 29.4 Å². The lowest BCUT2D eigenvalue weighted by molar-refractivity contribution is -0.137. The third-order valence-electron chi connectivity index (χ3n) is 5.65. The zero-order chi connectivity index (χ0) is 24.7. The summed E-state index contributed by atoms with van der Waals surface area (Å²) in [5, 5.41) is 15.2. The standard InChI is InChI=1S/C22H19F3N8O2/c1-12-6-7-18-29-30-19(33(12)18)16-4-3-5-17(27-16)28-20(34)15-11-32(31-21(15)35-2)14-8-13(9-26-10-14)22(23,24)25/h3-5,8-12H,6-7H2,1-2H3,(H,27,28,34)/t12-/m0/s1. The molecule has 5 rings (SSSR count). The maximum Gasteiger partial charge on any atom is 0.417 e. The van der Waals surface area contributed by atoms with E-state index in [2.05, 4.69) is 37.5 Å². The van der Waals surface area contributed by atoms with E-state index in [1.807, 2.05) is 4.57 Å². The molecule has 0 bridgehead atoms. The number of aryl methyl sites for hydroxylation is 1. The first kappa shape index (κ1) is 22.5. The fourth-order valence-corrected chi connectivity index (χ4v) is 3.92. The van der Waals surface area contributed by atoms with Crippen LogP contribution in [0.3, 0.4) is 0 Å². The van der Waals surface area contributed by atoms with Crippen molar-refractivity contribution in [1.82, 2.24) is 34.5 Å². The van der Waals surface area contributed by atoms with Gasteiger partial charge in [0.1, 0.15) is 22.9 Å². The molecule has 10 nitrogen and oxygen atoms in total. The number of hydrogen-bond acceptors (Lipinski definition) is 7. The molecule has 0 saturated carbocycles. The van der Waals surface area contributed by atoms with Crippen molar-refractivity contribution < 1.29 is 22.7 Å². The van der Waals surface area contributed by atoms with Crippen LogP contribution in [-0.2, 0) is 12.6 Å². The van der Waals surface area contributed by atoms with Gasteiger partial charge in [0, 0.05) is 24.9 Å². The first-order chi connectivity index (χ1) is 16.7. The van der Waals surface area contributed by atoms with Crippen molar-refractivity contribution in [3.8, 4) is 23.1 Å². The van der Waals surface area contributed by atoms with E-state index in [4.69, 9.17) is 4.74 Å². The summed E-state index contributed by atoms with van der Waals surface area (Å²) in [6.45, 7) is 2.08. The monoisotopic (exact) mass is 484 g/mol. The Morgan fingerprint density at radius 1 is 1.23 bits per heavy atom. The number of halogens is 3. The Morgan fingerprint density at radius 2 is 2.06 bits per heavy atom. The number of carbonyl (C=O) groups excluding carboxylic acids is 1. The molecule has 0 unspecified atom stereocenters. The first-order valence-corrected chi connectivity index (χ1v) is 10.6. The number of hydrogen-bond donors (Lipinski definition) is 1. The Bertz CT molecular complexity index is 1410. The van der Waals surface area contributed by atoms with E-state index in [-0.39, 0.29) is 29.0 Å². The highest BCUT2D eigenvalue weighted by atomic mass is 19.4. The van der Waals surface area contributed by atoms with Crippen molar-refractivity contribution in [1.29, 1.82) is 0 Å². The van der Waals surface area contributed by atoms with Gasteiger partial charge >= 0.3 is 6.18 Å². The van der Waals surface area contributed by atoms with Crippen molar-refractivity contribution in [2.75, 3.05) is 12.4 Å². The van der Waals surface area contributed by atoms with Crippen molar-refractivity contribution in [3.05, 3.63) is 59.8 Å². The molecule has 0 aromatic carbocycles. The molecule has 35 heavy (non-hydrogen) atoms. The van der Waals surface area contributed by atoms with Crippen molar-refractivity contribution in [3.63, 3.8) is 0 Å². The van der Waals surface area contributed by atoms with Crippen molar-refractivity contribution in [2.45, 2.75) is 32.0 Å². The van der Waals surface area contributed by atoms with Gasteiger partial charge in [-0.15, -0.1) is 15.3 Å². The van der Waals surface area contributed by atoms with Gasteiger partial charge in [-0.05, 0) is 31.5 Å². The van der Waals surface area contributed by atoms with Crippen molar-refractivity contribution in [2.24, 2.45) is 0 Å². The number of methoxy groups -OCH3 is 1. The number of nitrogens with one attached hydrogen (secondary N) is 1. The molecule has 1 atom stereocenters. The number of amides is 1. The van der Waals surface area contributed by atoms with E-state index < -0.39 is 17.6 Å². The number of nitrogens with zero attached hydrogens (tertiary/aromatic N) is 7. The van der Waals surface area contributed by atoms with Crippen LogP contribution < -0.4 is 10.1 Å². The summed E-state index contributed by atoms with van der Waals surface area (Å²) in [4.78, 5) is 21.1. The number of alkyl halides is 3. The lowest BCUT2D eigenvalue weighted by Crippen LogP contribution is -2.14. The van der Waals surface area contributed by atoms with Gasteiger partial charge in [-0.1, -0.05) is 6.07 Å². The molecule has 180 valence electrons. The molecule has 5 heterocycles. The first-order valence-electron chi connectivity index (χ1n) is 10.6. The SMILES string of the molecule is COc1nn(-c2cncc(C(F)(F)F)c2)cc1C(=O)Nc1cccc(-c2nnc3n2[C@@H](C)CC3)n1. The second-order valence-electron chi connectivity index (χ2n) is 7.99. The number of fused-ring (bicyclic) bond motifs is 1. The predicted molar refractivity (Wildman–Crippen MR) is 117 cm³/mol. The zero-order valence-electron chi connectivity index (χ0n) is 18.6. The molecule has 1 amide bonds. The van der Waals surface area contributed by atoms with Crippen LogP contribution >= 0.6 is 0 Å². The number of aromatic nitrogens is 7. The summed E-state index contributed by atoms with van der Waals surface area (Å²) >= 11 is 0. The Kier molecular flexibility index (Phi) is 5.46. The van der Waals surface area contributed by atoms with Crippen LogP contribution in [0.5, 0.6) is 5.88 Å². The minimum atomic E-state index is -4.57. The minimum absolute atomic E-state index is 0.00843. The molecule has 4 aromatic rings. The predicted octanol–water partition coefficient (Wildman–Crippen LogP) is 3.71. The summed E-state index contributed by atoms with van der Waals surface area (Å²) in [5.74, 6) is 1.09. The summed E-state index contributed by atoms with van der Waals surface area (Å²) < 4.78 is 47.5. The Morgan fingerprint density at radius 3 is 2.83 bits per heavy atom. The van der Waals surface area contributed by atoms with E-state index in [0.29, 0.717) is 17.7 Å². The smallest absolute Gasteiger partial charge is 0.417 e. The van der Waals surface area contributed by atoms with E-state index in [9.17, 15) is 18.0 Å². The van der Waals surface area contributed by atoms with Crippen molar-refractivity contribution >= 4 is 11.7 Å². The van der Waals surface area contributed by atoms with E-state index in [1.54, 1.807) is 18.2 Å². The van der Waals surface area contributed by atoms with Gasteiger partial charge in [0.25, 0.3) is 5.91 Å². The Balaban J connectivity index is 1.42. The number of anilines is 1. The fourth-order valence-electron chi connectivity index (χ4n) is 3.92. The molecule has 0 saturated heterocycles. The normalized spacial score (nSPS) is 15.2. The third-order valence-corrected chi connectivity index (χ3v) is 5.65. The lowest BCUT2D eigenvalue weighted by atomic mass is 10.2. The van der Waals surface area contributed by atoms with Crippen LogP contribution in [0, 0.1) is 0 Å². The highest BCUT2D eigenvalue weighted by Crippen LogP contribution is 2.31. The maximum atomic E-state index is 13.1. The Hall–Kier alpha value is -4.29. The average Bonchev–Trinajstić information content (AvgIpc) is 3.55. The van der Waals surface area contributed by atoms with Crippen LogP contribution in [0.2, 0.25) is 0 Å². The summed E-state index contributed by atoms with van der Waals surface area (Å²) in [6.07, 6.45) is 0.422. The van der Waals surface area contributed by atoms with Gasteiger partial charge in [-0.2, -0.15) is 13.2 Å². The number of rotatable bonds is 5. The number of carbonyl (C=O) groups is 1. The summed E-state index contributed by atoms with van der Waals surface area (Å²) in [7, 11) is 1.31. The van der Waals surface area contributed by atoms with Gasteiger partial charge in [0.15, 0.2) is 5.82 Å². The van der Waals surface area contributed by atoms with E-state index >= 15 is 0 Å². The van der Waals surface area contributed by atoms with Crippen LogP contribution in [-0.4, -0.2) is 47.5 Å². The molecular formula is C22H19F3N8O2. The maximum absolute atomic E-state index is 13.1. The lowest BCUT2D eigenvalue weighted by Gasteiger charge is -2.10. The molecule has 0 fully saturated rings. The molecule has 1 N–H and O–H groups in total. The topological polar surface area (TPSA) is 113 Å². The van der Waals surface area contributed by atoms with Crippen LogP contribution in [0.1, 0.15) is 41.1 Å². The van der Waals surface area contributed by atoms with E-state index in [1.165, 1.54) is 19.5 Å². The Labute approximate surface area is 196 Å². The van der Waals surface area contributed by atoms with Gasteiger partial charge in [-0.3, -0.25) is 9.78 Å². The molecular weight excluding hydrogens is 465 g/mol. The zero-order valence-corrected chi connectivity index (χ0v) is 18.6. The second kappa shape index (κ2) is 8.49. The number of ether oxygens (including phenoxy) is 1. The molecule has 0 aliphatic carbocycles. The highest BCUT2D eigenvalue weighted by molar-refractivity contribution is 6.05. The van der Waals surface area contributed by atoms with Gasteiger partial charge in [-0.25, -0.2) is 9.67 Å². The quantitative estimate of drug-likeness (QED) is 0.460. The largest absolute Gasteiger partial charge is 0.479 e. The fraction of sp³-hybridized carbons (Fsp3) is 0.273. The summed E-state index contributed by atoms with van der Waals surface area (Å²) in [5.41, 5.74) is -0.361. The van der Waals surface area contributed by atoms with Gasteiger partial charge < -0.3 is 14.6 Å². The molecule has 13 heteroatoms. The molecule has 0 radical (unpaired) electrons. The van der Waals surface area contributed by atoms with Crippen LogP contribution in [0.25, 0.3) is 17.2 Å². The molecule has 1 aliphatic heterocycles. The number of pyridine rings is 2. The van der Waals surface area contributed by atoms with Gasteiger partial charge in [0.2, 0.25) is 5.88 Å².